The van der Waals surface area contributed by atoms with Crippen molar-refractivity contribution in [1.29, 1.82) is 0 Å². The van der Waals surface area contributed by atoms with Crippen molar-refractivity contribution >= 4 is 5.69 Å². The van der Waals surface area contributed by atoms with Crippen LogP contribution in [0.15, 0.2) is 24.3 Å². The maximum Gasteiger partial charge on any atom is 0.130 e. The van der Waals surface area contributed by atoms with Crippen molar-refractivity contribution < 1.29 is 4.74 Å². The van der Waals surface area contributed by atoms with E-state index in [4.69, 9.17) is 10.5 Å². The van der Waals surface area contributed by atoms with E-state index in [9.17, 15) is 0 Å². The summed E-state index contributed by atoms with van der Waals surface area (Å²) < 4.78 is 7.61. The molecule has 1 aromatic carbocycles. The fourth-order valence-corrected chi connectivity index (χ4v) is 1.77. The van der Waals surface area contributed by atoms with E-state index >= 15 is 0 Å². The van der Waals surface area contributed by atoms with E-state index in [-0.39, 0.29) is 0 Å². The first-order chi connectivity index (χ1) is 8.60. The third-order valence-electron chi connectivity index (χ3n) is 3.02. The number of aromatic nitrogens is 2. The zero-order chi connectivity index (χ0) is 13.1. The van der Waals surface area contributed by atoms with Crippen molar-refractivity contribution in [2.24, 2.45) is 7.05 Å². The highest BCUT2D eigenvalue weighted by molar-refractivity contribution is 5.49. The summed E-state index contributed by atoms with van der Waals surface area (Å²) in [6.07, 6.45) is 0.939. The zero-order valence-electron chi connectivity index (χ0n) is 11.1. The summed E-state index contributed by atoms with van der Waals surface area (Å²) in [6, 6.07) is 7.78. The molecule has 96 valence electrons. The normalized spacial score (nSPS) is 10.6. The quantitative estimate of drug-likeness (QED) is 0.842. The Bertz CT molecular complexity index is 546. The van der Waals surface area contributed by atoms with Crippen molar-refractivity contribution in [3.05, 3.63) is 41.2 Å². The van der Waals surface area contributed by atoms with Crippen molar-refractivity contribution in [1.82, 2.24) is 9.78 Å². The van der Waals surface area contributed by atoms with Crippen LogP contribution in [0.25, 0.3) is 0 Å². The topological polar surface area (TPSA) is 53.1 Å². The maximum atomic E-state index is 5.77. The molecule has 4 nitrogen and oxygen atoms in total. The van der Waals surface area contributed by atoms with Gasteiger partial charge in [-0.1, -0.05) is 6.92 Å². The van der Waals surface area contributed by atoms with Crippen LogP contribution in [0.3, 0.4) is 0 Å². The van der Waals surface area contributed by atoms with E-state index in [1.165, 1.54) is 0 Å². The van der Waals surface area contributed by atoms with Gasteiger partial charge in [-0.15, -0.1) is 0 Å². The monoisotopic (exact) mass is 245 g/mol. The van der Waals surface area contributed by atoms with Crippen molar-refractivity contribution in [2.75, 3.05) is 5.73 Å². The number of nitrogens with zero attached hydrogens (tertiary/aromatic N) is 2. The Morgan fingerprint density at radius 2 is 2.11 bits per heavy atom. The van der Waals surface area contributed by atoms with Gasteiger partial charge in [-0.25, -0.2) is 0 Å². The Morgan fingerprint density at radius 3 is 2.72 bits per heavy atom. The molecule has 0 aliphatic heterocycles. The lowest BCUT2D eigenvalue weighted by molar-refractivity contribution is 0.295. The van der Waals surface area contributed by atoms with E-state index in [1.807, 2.05) is 36.9 Å². The molecule has 0 spiro atoms. The lowest BCUT2D eigenvalue weighted by Crippen LogP contribution is -2.03. The summed E-state index contributed by atoms with van der Waals surface area (Å²) in [7, 11) is 1.94. The molecule has 1 heterocycles. The van der Waals surface area contributed by atoms with Gasteiger partial charge >= 0.3 is 0 Å². The molecule has 0 fully saturated rings. The van der Waals surface area contributed by atoms with E-state index in [0.717, 1.165) is 34.8 Å². The predicted molar refractivity (Wildman–Crippen MR) is 72.5 cm³/mol. The van der Waals surface area contributed by atoms with Crippen LogP contribution in [0.1, 0.15) is 23.9 Å². The molecular weight excluding hydrogens is 226 g/mol. The third-order valence-corrected chi connectivity index (χ3v) is 3.02. The molecule has 2 N–H and O–H groups in total. The van der Waals surface area contributed by atoms with Gasteiger partial charge in [0.25, 0.3) is 0 Å². The average molecular weight is 245 g/mol. The van der Waals surface area contributed by atoms with Gasteiger partial charge in [0.05, 0.1) is 11.4 Å². The van der Waals surface area contributed by atoms with E-state index < -0.39 is 0 Å². The first-order valence-electron chi connectivity index (χ1n) is 6.11. The fraction of sp³-hybridized carbons (Fsp3) is 0.357. The predicted octanol–water partition coefficient (Wildman–Crippen LogP) is 2.45. The van der Waals surface area contributed by atoms with Crippen LogP contribution in [-0.4, -0.2) is 9.78 Å². The van der Waals surface area contributed by atoms with Gasteiger partial charge in [0.2, 0.25) is 0 Å². The molecule has 0 bridgehead atoms. The van der Waals surface area contributed by atoms with Crippen LogP contribution in [0.5, 0.6) is 5.75 Å². The highest BCUT2D eigenvalue weighted by atomic mass is 16.5. The lowest BCUT2D eigenvalue weighted by atomic mass is 10.2. The Balaban J connectivity index is 2.06. The molecule has 0 aliphatic carbocycles. The second-order valence-corrected chi connectivity index (χ2v) is 4.41. The molecule has 0 atom stereocenters. The number of ether oxygens (including phenoxy) is 1. The van der Waals surface area contributed by atoms with E-state index in [1.54, 1.807) is 0 Å². The molecule has 4 heteroatoms. The first-order valence-corrected chi connectivity index (χ1v) is 6.11. The number of hydrogen-bond acceptors (Lipinski definition) is 3. The molecule has 18 heavy (non-hydrogen) atoms. The molecule has 0 unspecified atom stereocenters. The van der Waals surface area contributed by atoms with E-state index in [0.29, 0.717) is 6.61 Å². The zero-order valence-corrected chi connectivity index (χ0v) is 11.1. The first kappa shape index (κ1) is 12.5. The SMILES string of the molecule is CCc1cc(COc2ccc(N)c(C)c2)n(C)n1. The smallest absolute Gasteiger partial charge is 0.130 e. The largest absolute Gasteiger partial charge is 0.487 e. The van der Waals surface area contributed by atoms with Crippen molar-refractivity contribution in [3.8, 4) is 5.75 Å². The van der Waals surface area contributed by atoms with Gasteiger partial charge in [-0.2, -0.15) is 5.10 Å². The van der Waals surface area contributed by atoms with Gasteiger partial charge in [0.15, 0.2) is 0 Å². The molecule has 0 saturated heterocycles. The highest BCUT2D eigenvalue weighted by Gasteiger charge is 2.05. The minimum atomic E-state index is 0.521. The second-order valence-electron chi connectivity index (χ2n) is 4.41. The molecular formula is C14H19N3O. The Morgan fingerprint density at radius 1 is 1.33 bits per heavy atom. The van der Waals surface area contributed by atoms with Gasteiger partial charge in [-0.3, -0.25) is 4.68 Å². The minimum Gasteiger partial charge on any atom is -0.487 e. The fourth-order valence-electron chi connectivity index (χ4n) is 1.77. The number of nitrogen functional groups attached to an aromatic ring is 1. The Hall–Kier alpha value is -1.97. The molecule has 1 aromatic heterocycles. The number of hydrogen-bond donors (Lipinski definition) is 1. The average Bonchev–Trinajstić information content (AvgIpc) is 2.72. The number of anilines is 1. The summed E-state index contributed by atoms with van der Waals surface area (Å²) in [5, 5.41) is 4.39. The second kappa shape index (κ2) is 5.12. The van der Waals surface area contributed by atoms with Crippen LogP contribution in [-0.2, 0) is 20.1 Å². The van der Waals surface area contributed by atoms with E-state index in [2.05, 4.69) is 18.1 Å². The molecule has 0 amide bonds. The summed E-state index contributed by atoms with van der Waals surface area (Å²) in [4.78, 5) is 0. The van der Waals surface area contributed by atoms with Gasteiger partial charge < -0.3 is 10.5 Å². The number of aryl methyl sites for hydroxylation is 3. The third kappa shape index (κ3) is 2.64. The summed E-state index contributed by atoms with van der Waals surface area (Å²) >= 11 is 0. The Labute approximate surface area is 107 Å². The van der Waals surface area contributed by atoms with Crippen LogP contribution in [0.2, 0.25) is 0 Å². The lowest BCUT2D eigenvalue weighted by Gasteiger charge is -2.08. The molecule has 0 radical (unpaired) electrons. The van der Waals surface area contributed by atoms with Gasteiger partial charge in [0.1, 0.15) is 12.4 Å². The summed E-state index contributed by atoms with van der Waals surface area (Å²) in [5.41, 5.74) is 9.75. The van der Waals surface area contributed by atoms with Crippen molar-refractivity contribution in [2.45, 2.75) is 26.9 Å². The van der Waals surface area contributed by atoms with Crippen LogP contribution < -0.4 is 10.5 Å². The molecule has 0 saturated carbocycles. The minimum absolute atomic E-state index is 0.521. The summed E-state index contributed by atoms with van der Waals surface area (Å²) in [5.74, 6) is 0.834. The summed E-state index contributed by atoms with van der Waals surface area (Å²) in [6.45, 7) is 4.59. The number of nitrogens with two attached hydrogens (primary N) is 1. The van der Waals surface area contributed by atoms with Crippen LogP contribution in [0.4, 0.5) is 5.69 Å². The van der Waals surface area contributed by atoms with Crippen molar-refractivity contribution in [3.63, 3.8) is 0 Å². The van der Waals surface area contributed by atoms with Gasteiger partial charge in [0, 0.05) is 12.7 Å². The highest BCUT2D eigenvalue weighted by Crippen LogP contribution is 2.19. The van der Waals surface area contributed by atoms with Gasteiger partial charge in [-0.05, 0) is 43.2 Å². The Kier molecular flexibility index (Phi) is 3.55. The maximum absolute atomic E-state index is 5.77. The molecule has 2 aromatic rings. The molecule has 2 rings (SSSR count). The number of benzene rings is 1. The molecule has 0 aliphatic rings. The van der Waals surface area contributed by atoms with Crippen LogP contribution >= 0.6 is 0 Å². The number of rotatable bonds is 4. The van der Waals surface area contributed by atoms with Crippen LogP contribution in [0, 0.1) is 6.92 Å². The standard InChI is InChI=1S/C14H19N3O/c1-4-11-8-12(17(3)16-11)9-18-13-5-6-14(15)10(2)7-13/h5-8H,4,9,15H2,1-3H3.